The van der Waals surface area contributed by atoms with Crippen molar-refractivity contribution < 1.29 is 14.9 Å². The lowest BCUT2D eigenvalue weighted by Gasteiger charge is -2.25. The fourth-order valence-electron chi connectivity index (χ4n) is 1.94. The lowest BCUT2D eigenvalue weighted by Crippen LogP contribution is -2.30. The Morgan fingerprint density at radius 1 is 1.42 bits per heavy atom. The van der Waals surface area contributed by atoms with Crippen molar-refractivity contribution in [2.45, 2.75) is 19.9 Å². The summed E-state index contributed by atoms with van der Waals surface area (Å²) < 4.78 is 5.32. The van der Waals surface area contributed by atoms with Gasteiger partial charge in [0.1, 0.15) is 6.04 Å². The number of rotatable bonds is 7. The van der Waals surface area contributed by atoms with Gasteiger partial charge in [-0.2, -0.15) is 5.26 Å². The third-order valence-corrected chi connectivity index (χ3v) is 2.88. The van der Waals surface area contributed by atoms with E-state index >= 15 is 0 Å². The molecule has 0 radical (unpaired) electrons. The fourth-order valence-corrected chi connectivity index (χ4v) is 1.94. The minimum absolute atomic E-state index is 0.00240. The molecule has 0 fully saturated rings. The van der Waals surface area contributed by atoms with Gasteiger partial charge in [0.25, 0.3) is 0 Å². The number of benzene rings is 1. The van der Waals surface area contributed by atoms with Crippen LogP contribution in [0, 0.1) is 11.3 Å². The predicted molar refractivity (Wildman–Crippen MR) is 72.0 cm³/mol. The fraction of sp³-hybridized carbons (Fsp3) is 0.500. The molecule has 0 amide bonds. The Morgan fingerprint density at radius 3 is 2.68 bits per heavy atom. The standard InChI is InChI=1S/C14H20N2O3/c1-3-16(7-8-17)12(10-15)11-5-6-13(18)14(9-11)19-4-2/h5-6,9,12,17-18H,3-4,7-8H2,1-2H3. The Labute approximate surface area is 113 Å². The molecule has 1 unspecified atom stereocenters. The molecule has 19 heavy (non-hydrogen) atoms. The second kappa shape index (κ2) is 7.62. The number of hydrogen-bond donors (Lipinski definition) is 2. The van der Waals surface area contributed by atoms with Gasteiger partial charge >= 0.3 is 0 Å². The molecule has 2 N–H and O–H groups in total. The second-order valence-electron chi connectivity index (χ2n) is 4.04. The highest BCUT2D eigenvalue weighted by Gasteiger charge is 2.19. The minimum atomic E-state index is -0.461. The molecule has 0 spiro atoms. The van der Waals surface area contributed by atoms with Crippen LogP contribution in [0.1, 0.15) is 25.5 Å². The van der Waals surface area contributed by atoms with Gasteiger partial charge in [-0.15, -0.1) is 0 Å². The van der Waals surface area contributed by atoms with Crippen LogP contribution in [0.3, 0.4) is 0 Å². The zero-order valence-electron chi connectivity index (χ0n) is 11.3. The summed E-state index contributed by atoms with van der Waals surface area (Å²) in [6.07, 6.45) is 0. The van der Waals surface area contributed by atoms with E-state index in [9.17, 15) is 10.4 Å². The molecule has 0 aliphatic heterocycles. The van der Waals surface area contributed by atoms with Crippen LogP contribution in [-0.4, -0.2) is 41.4 Å². The van der Waals surface area contributed by atoms with Gasteiger partial charge in [0.2, 0.25) is 0 Å². The van der Waals surface area contributed by atoms with Gasteiger partial charge in [-0.25, -0.2) is 0 Å². The summed E-state index contributed by atoms with van der Waals surface area (Å²) in [6.45, 7) is 5.30. The number of nitrogens with zero attached hydrogens (tertiary/aromatic N) is 2. The molecule has 1 rings (SSSR count). The average molecular weight is 264 g/mol. The van der Waals surface area contributed by atoms with E-state index in [0.29, 0.717) is 25.4 Å². The van der Waals surface area contributed by atoms with E-state index in [4.69, 9.17) is 9.84 Å². The molecule has 1 aromatic carbocycles. The van der Waals surface area contributed by atoms with Crippen LogP contribution in [0.4, 0.5) is 0 Å². The minimum Gasteiger partial charge on any atom is -0.504 e. The van der Waals surface area contributed by atoms with Crippen LogP contribution in [0.5, 0.6) is 11.5 Å². The van der Waals surface area contributed by atoms with Gasteiger partial charge in [-0.1, -0.05) is 13.0 Å². The van der Waals surface area contributed by atoms with E-state index < -0.39 is 6.04 Å². The number of nitriles is 1. The van der Waals surface area contributed by atoms with E-state index in [-0.39, 0.29) is 12.4 Å². The van der Waals surface area contributed by atoms with E-state index in [2.05, 4.69) is 6.07 Å². The Balaban J connectivity index is 3.04. The number of hydrogen-bond acceptors (Lipinski definition) is 5. The van der Waals surface area contributed by atoms with E-state index in [1.165, 1.54) is 6.07 Å². The SMILES string of the molecule is CCOc1cc(C(C#N)N(CC)CCO)ccc1O. The number of phenolic OH excluding ortho intramolecular Hbond substituents is 1. The van der Waals surface area contributed by atoms with Gasteiger partial charge in [0.15, 0.2) is 11.5 Å². The maximum absolute atomic E-state index is 9.66. The Bertz CT molecular complexity index is 443. The number of likely N-dealkylation sites (N-methyl/N-ethyl adjacent to an activating group) is 1. The van der Waals surface area contributed by atoms with Gasteiger partial charge in [0.05, 0.1) is 19.3 Å². The lowest BCUT2D eigenvalue weighted by atomic mass is 10.1. The first kappa shape index (κ1) is 15.3. The molecular formula is C14H20N2O3. The molecule has 1 atom stereocenters. The predicted octanol–water partition coefficient (Wildman–Crippen LogP) is 1.67. The van der Waals surface area contributed by atoms with Crippen molar-refractivity contribution >= 4 is 0 Å². The molecule has 5 heteroatoms. The first-order valence-electron chi connectivity index (χ1n) is 6.38. The van der Waals surface area contributed by atoms with Crippen LogP contribution in [0.25, 0.3) is 0 Å². The van der Waals surface area contributed by atoms with Crippen molar-refractivity contribution in [2.75, 3.05) is 26.3 Å². The van der Waals surface area contributed by atoms with Crippen molar-refractivity contribution in [1.29, 1.82) is 5.26 Å². The zero-order valence-corrected chi connectivity index (χ0v) is 11.3. The number of aliphatic hydroxyl groups is 1. The van der Waals surface area contributed by atoms with Crippen LogP contribution < -0.4 is 4.74 Å². The molecule has 0 aliphatic rings. The Hall–Kier alpha value is -1.77. The zero-order chi connectivity index (χ0) is 14.3. The monoisotopic (exact) mass is 264 g/mol. The lowest BCUT2D eigenvalue weighted by molar-refractivity contribution is 0.180. The highest BCUT2D eigenvalue weighted by molar-refractivity contribution is 5.43. The van der Waals surface area contributed by atoms with Crippen LogP contribution >= 0.6 is 0 Å². The van der Waals surface area contributed by atoms with Crippen LogP contribution in [-0.2, 0) is 0 Å². The van der Waals surface area contributed by atoms with Crippen LogP contribution in [0.2, 0.25) is 0 Å². The molecule has 0 aromatic heterocycles. The molecule has 0 saturated carbocycles. The van der Waals surface area contributed by atoms with E-state index in [1.54, 1.807) is 12.1 Å². The number of aromatic hydroxyl groups is 1. The largest absolute Gasteiger partial charge is 0.504 e. The maximum atomic E-state index is 9.66. The normalized spacial score (nSPS) is 12.2. The summed E-state index contributed by atoms with van der Waals surface area (Å²) in [5.41, 5.74) is 0.749. The summed E-state index contributed by atoms with van der Waals surface area (Å²) in [5, 5.41) is 28.0. The summed E-state index contributed by atoms with van der Waals surface area (Å²) in [6, 6.07) is 6.66. The highest BCUT2D eigenvalue weighted by atomic mass is 16.5. The Kier molecular flexibility index (Phi) is 6.13. The van der Waals surface area contributed by atoms with Crippen molar-refractivity contribution in [2.24, 2.45) is 0 Å². The molecule has 104 valence electrons. The van der Waals surface area contributed by atoms with Crippen molar-refractivity contribution in [3.05, 3.63) is 23.8 Å². The number of ether oxygens (including phenoxy) is 1. The van der Waals surface area contributed by atoms with Gasteiger partial charge in [-0.3, -0.25) is 4.90 Å². The van der Waals surface area contributed by atoms with Gasteiger partial charge in [0, 0.05) is 6.54 Å². The van der Waals surface area contributed by atoms with Crippen molar-refractivity contribution in [3.63, 3.8) is 0 Å². The third-order valence-electron chi connectivity index (χ3n) is 2.88. The summed E-state index contributed by atoms with van der Waals surface area (Å²) in [4.78, 5) is 1.86. The van der Waals surface area contributed by atoms with Crippen molar-refractivity contribution in [3.8, 4) is 17.6 Å². The first-order valence-corrected chi connectivity index (χ1v) is 6.38. The quantitative estimate of drug-likeness (QED) is 0.783. The van der Waals surface area contributed by atoms with Crippen molar-refractivity contribution in [1.82, 2.24) is 4.90 Å². The molecule has 1 aromatic rings. The van der Waals surface area contributed by atoms with E-state index in [1.807, 2.05) is 18.7 Å². The summed E-state index contributed by atoms with van der Waals surface area (Å²) in [5.74, 6) is 0.438. The number of aliphatic hydroxyl groups excluding tert-OH is 1. The first-order chi connectivity index (χ1) is 9.17. The maximum Gasteiger partial charge on any atom is 0.161 e. The average Bonchev–Trinajstić information content (AvgIpc) is 2.42. The number of phenols is 1. The second-order valence-corrected chi connectivity index (χ2v) is 4.04. The molecule has 0 aliphatic carbocycles. The van der Waals surface area contributed by atoms with Crippen LogP contribution in [0.15, 0.2) is 18.2 Å². The molecule has 0 heterocycles. The summed E-state index contributed by atoms with van der Waals surface area (Å²) in [7, 11) is 0. The molecule has 0 saturated heterocycles. The van der Waals surface area contributed by atoms with E-state index in [0.717, 1.165) is 5.56 Å². The molecule has 0 bridgehead atoms. The smallest absolute Gasteiger partial charge is 0.161 e. The Morgan fingerprint density at radius 2 is 2.16 bits per heavy atom. The molecule has 5 nitrogen and oxygen atoms in total. The van der Waals surface area contributed by atoms with Gasteiger partial charge in [-0.05, 0) is 31.2 Å². The highest BCUT2D eigenvalue weighted by Crippen LogP contribution is 2.31. The molecular weight excluding hydrogens is 244 g/mol. The van der Waals surface area contributed by atoms with Gasteiger partial charge < -0.3 is 14.9 Å². The topological polar surface area (TPSA) is 76.7 Å². The summed E-state index contributed by atoms with van der Waals surface area (Å²) >= 11 is 0. The third kappa shape index (κ3) is 3.85.